The molecule has 0 bridgehead atoms. The van der Waals surface area contributed by atoms with Crippen molar-refractivity contribution in [2.45, 2.75) is 45.4 Å². The summed E-state index contributed by atoms with van der Waals surface area (Å²) in [5.41, 5.74) is 1.65. The van der Waals surface area contributed by atoms with Crippen LogP contribution in [0.3, 0.4) is 0 Å². The Kier molecular flexibility index (Phi) is 8.68. The Morgan fingerprint density at radius 1 is 0.966 bits per heavy atom. The Balaban J connectivity index is 2.10. The number of carbonyl (C=O) groups is 2. The second-order valence-corrected chi connectivity index (χ2v) is 7.39. The maximum atomic E-state index is 12.7. The third-order valence-electron chi connectivity index (χ3n) is 4.45. The Labute approximate surface area is 171 Å². The van der Waals surface area contributed by atoms with E-state index in [1.807, 2.05) is 50.2 Å². The molecule has 0 amide bonds. The van der Waals surface area contributed by atoms with Crippen molar-refractivity contribution in [3.05, 3.63) is 65.7 Å². The second kappa shape index (κ2) is 11.2. The van der Waals surface area contributed by atoms with Crippen LogP contribution in [0.1, 0.15) is 31.4 Å². The quantitative estimate of drug-likeness (QED) is 0.597. The van der Waals surface area contributed by atoms with Gasteiger partial charge < -0.3 is 14.6 Å². The SMILES string of the molecule is COC(=O)[C@@H](Cc1cccc(O)c1)N[C@@H](CC(C)C)C(=O)OCc1ccccc1. The molecule has 0 unspecified atom stereocenters. The van der Waals surface area contributed by atoms with Crippen LogP contribution >= 0.6 is 0 Å². The minimum atomic E-state index is -0.741. The van der Waals surface area contributed by atoms with E-state index in [-0.39, 0.29) is 24.7 Å². The molecule has 2 aromatic rings. The molecule has 6 nitrogen and oxygen atoms in total. The van der Waals surface area contributed by atoms with Crippen molar-refractivity contribution in [2.75, 3.05) is 7.11 Å². The summed E-state index contributed by atoms with van der Waals surface area (Å²) < 4.78 is 10.4. The van der Waals surface area contributed by atoms with E-state index in [9.17, 15) is 14.7 Å². The number of methoxy groups -OCH3 is 1. The lowest BCUT2D eigenvalue weighted by molar-refractivity contribution is -0.149. The molecular weight excluding hydrogens is 370 g/mol. The number of aromatic hydroxyl groups is 1. The lowest BCUT2D eigenvalue weighted by Gasteiger charge is -2.24. The summed E-state index contributed by atoms with van der Waals surface area (Å²) in [6, 6.07) is 14.7. The average Bonchev–Trinajstić information content (AvgIpc) is 2.70. The number of phenols is 1. The van der Waals surface area contributed by atoms with Gasteiger partial charge in [-0.05, 0) is 42.0 Å². The number of benzene rings is 2. The molecule has 0 saturated heterocycles. The van der Waals surface area contributed by atoms with Crippen LogP contribution in [0, 0.1) is 5.92 Å². The molecule has 0 aromatic heterocycles. The normalized spacial score (nSPS) is 13.0. The van der Waals surface area contributed by atoms with Crippen LogP contribution in [-0.4, -0.2) is 36.2 Å². The molecule has 29 heavy (non-hydrogen) atoms. The Bertz CT molecular complexity index is 791. The fraction of sp³-hybridized carbons (Fsp3) is 0.391. The first-order valence-corrected chi connectivity index (χ1v) is 9.71. The van der Waals surface area contributed by atoms with E-state index < -0.39 is 24.0 Å². The average molecular weight is 399 g/mol. The zero-order valence-corrected chi connectivity index (χ0v) is 17.1. The molecule has 0 fully saturated rings. The predicted molar refractivity (Wildman–Crippen MR) is 110 cm³/mol. The van der Waals surface area contributed by atoms with E-state index in [2.05, 4.69) is 5.32 Å². The van der Waals surface area contributed by atoms with Gasteiger partial charge in [0.1, 0.15) is 24.4 Å². The van der Waals surface area contributed by atoms with Crippen molar-refractivity contribution in [3.8, 4) is 5.75 Å². The number of hydrogen-bond acceptors (Lipinski definition) is 6. The molecule has 0 aliphatic carbocycles. The lowest BCUT2D eigenvalue weighted by atomic mass is 10.0. The van der Waals surface area contributed by atoms with Crippen LogP contribution in [-0.2, 0) is 32.1 Å². The number of carbonyl (C=O) groups excluding carboxylic acids is 2. The molecule has 2 aromatic carbocycles. The van der Waals surface area contributed by atoms with Gasteiger partial charge in [-0.25, -0.2) is 0 Å². The smallest absolute Gasteiger partial charge is 0.323 e. The first kappa shape index (κ1) is 22.4. The molecule has 0 spiro atoms. The largest absolute Gasteiger partial charge is 0.508 e. The van der Waals surface area contributed by atoms with Gasteiger partial charge in [0.25, 0.3) is 0 Å². The third-order valence-corrected chi connectivity index (χ3v) is 4.45. The van der Waals surface area contributed by atoms with E-state index in [4.69, 9.17) is 9.47 Å². The van der Waals surface area contributed by atoms with Crippen LogP contribution in [0.4, 0.5) is 0 Å². The second-order valence-electron chi connectivity index (χ2n) is 7.39. The summed E-state index contributed by atoms with van der Waals surface area (Å²) in [5.74, 6) is -0.548. The summed E-state index contributed by atoms with van der Waals surface area (Å²) in [5, 5.41) is 12.8. The highest BCUT2D eigenvalue weighted by Gasteiger charge is 2.29. The molecule has 0 radical (unpaired) electrons. The van der Waals surface area contributed by atoms with Gasteiger partial charge in [0.05, 0.1) is 7.11 Å². The molecular formula is C23H29NO5. The van der Waals surface area contributed by atoms with Gasteiger partial charge in [-0.15, -0.1) is 0 Å². The Morgan fingerprint density at radius 3 is 2.28 bits per heavy atom. The minimum absolute atomic E-state index is 0.118. The summed E-state index contributed by atoms with van der Waals surface area (Å²) in [6.07, 6.45) is 0.794. The molecule has 2 rings (SSSR count). The van der Waals surface area contributed by atoms with Gasteiger partial charge >= 0.3 is 11.9 Å². The van der Waals surface area contributed by atoms with Crippen molar-refractivity contribution >= 4 is 11.9 Å². The van der Waals surface area contributed by atoms with E-state index in [1.54, 1.807) is 18.2 Å². The monoisotopic (exact) mass is 399 g/mol. The molecule has 0 heterocycles. The number of phenolic OH excluding ortho intramolecular Hbond substituents is 1. The van der Waals surface area contributed by atoms with Gasteiger partial charge in [-0.1, -0.05) is 56.3 Å². The van der Waals surface area contributed by atoms with Crippen molar-refractivity contribution in [1.29, 1.82) is 0 Å². The van der Waals surface area contributed by atoms with Crippen LogP contribution in [0.2, 0.25) is 0 Å². The zero-order chi connectivity index (χ0) is 21.2. The van der Waals surface area contributed by atoms with Gasteiger partial charge in [-0.3, -0.25) is 14.9 Å². The number of rotatable bonds is 10. The Hall–Kier alpha value is -2.86. The van der Waals surface area contributed by atoms with Crippen molar-refractivity contribution in [2.24, 2.45) is 5.92 Å². The van der Waals surface area contributed by atoms with Crippen LogP contribution < -0.4 is 5.32 Å². The maximum Gasteiger partial charge on any atom is 0.323 e. The van der Waals surface area contributed by atoms with Gasteiger partial charge in [-0.2, -0.15) is 0 Å². The van der Waals surface area contributed by atoms with E-state index in [1.165, 1.54) is 7.11 Å². The fourth-order valence-electron chi connectivity index (χ4n) is 3.05. The third kappa shape index (κ3) is 7.58. The summed E-state index contributed by atoms with van der Waals surface area (Å²) in [4.78, 5) is 25.1. The highest BCUT2D eigenvalue weighted by molar-refractivity contribution is 5.80. The molecule has 156 valence electrons. The number of esters is 2. The van der Waals surface area contributed by atoms with Crippen molar-refractivity contribution < 1.29 is 24.2 Å². The number of hydrogen-bond donors (Lipinski definition) is 2. The van der Waals surface area contributed by atoms with Crippen LogP contribution in [0.25, 0.3) is 0 Å². The molecule has 0 aliphatic rings. The van der Waals surface area contributed by atoms with Crippen LogP contribution in [0.15, 0.2) is 54.6 Å². The maximum absolute atomic E-state index is 12.7. The first-order valence-electron chi connectivity index (χ1n) is 9.71. The predicted octanol–water partition coefficient (Wildman–Crippen LogP) is 3.22. The lowest BCUT2D eigenvalue weighted by Crippen LogP contribution is -2.49. The van der Waals surface area contributed by atoms with E-state index in [0.29, 0.717) is 6.42 Å². The molecule has 0 saturated carbocycles. The van der Waals surface area contributed by atoms with Crippen molar-refractivity contribution in [1.82, 2.24) is 5.32 Å². The number of ether oxygens (including phenoxy) is 2. The van der Waals surface area contributed by atoms with Gasteiger partial charge in [0.2, 0.25) is 0 Å². The minimum Gasteiger partial charge on any atom is -0.508 e. The standard InChI is InChI=1S/C23H29NO5/c1-16(2)12-20(23(27)29-15-17-8-5-4-6-9-17)24-21(22(26)28-3)14-18-10-7-11-19(25)13-18/h4-11,13,16,20-21,24-25H,12,14-15H2,1-3H3/t20-,21+/m0/s1. The van der Waals surface area contributed by atoms with Gasteiger partial charge in [0, 0.05) is 0 Å². The Morgan fingerprint density at radius 2 is 1.66 bits per heavy atom. The highest BCUT2D eigenvalue weighted by atomic mass is 16.5. The molecule has 6 heteroatoms. The topological polar surface area (TPSA) is 84.9 Å². The van der Waals surface area contributed by atoms with E-state index >= 15 is 0 Å². The molecule has 0 aliphatic heterocycles. The summed E-state index contributed by atoms with van der Waals surface area (Å²) in [6.45, 7) is 4.18. The molecule has 2 N–H and O–H groups in total. The molecule has 2 atom stereocenters. The summed E-state index contributed by atoms with van der Waals surface area (Å²) in [7, 11) is 1.31. The first-order chi connectivity index (χ1) is 13.9. The zero-order valence-electron chi connectivity index (χ0n) is 17.1. The fourth-order valence-corrected chi connectivity index (χ4v) is 3.05. The van der Waals surface area contributed by atoms with E-state index in [0.717, 1.165) is 11.1 Å². The summed E-state index contributed by atoms with van der Waals surface area (Å²) >= 11 is 0. The highest BCUT2D eigenvalue weighted by Crippen LogP contribution is 2.15. The van der Waals surface area contributed by atoms with Gasteiger partial charge in [0.15, 0.2) is 0 Å². The van der Waals surface area contributed by atoms with Crippen molar-refractivity contribution in [3.63, 3.8) is 0 Å². The van der Waals surface area contributed by atoms with Crippen LogP contribution in [0.5, 0.6) is 5.75 Å². The number of nitrogens with one attached hydrogen (secondary N) is 1.